The van der Waals surface area contributed by atoms with E-state index >= 15 is 0 Å². The van der Waals surface area contributed by atoms with Crippen LogP contribution in [0.1, 0.15) is 80.7 Å². The number of methoxy groups -OCH3 is 1. The fraction of sp³-hybridized carbons (Fsp3) is 0.615. The van der Waals surface area contributed by atoms with Crippen LogP contribution in [0.3, 0.4) is 0 Å². The van der Waals surface area contributed by atoms with Gasteiger partial charge in [-0.2, -0.15) is 0 Å². The van der Waals surface area contributed by atoms with Crippen LogP contribution < -0.4 is 9.16 Å². The summed E-state index contributed by atoms with van der Waals surface area (Å²) in [4.78, 5) is 0. The van der Waals surface area contributed by atoms with Crippen molar-refractivity contribution in [3.8, 4) is 11.5 Å². The van der Waals surface area contributed by atoms with Crippen molar-refractivity contribution in [1.82, 2.24) is 0 Å². The highest BCUT2D eigenvalue weighted by atomic mass is 28.4. The fourth-order valence-electron chi connectivity index (χ4n) is 4.46. The van der Waals surface area contributed by atoms with Gasteiger partial charge in [0.05, 0.1) is 7.11 Å². The van der Waals surface area contributed by atoms with Crippen LogP contribution in [0, 0.1) is 0 Å². The molecule has 0 spiro atoms. The summed E-state index contributed by atoms with van der Waals surface area (Å²) in [5.41, 5.74) is 5.70. The molecule has 1 aromatic rings. The molecule has 0 unspecified atom stereocenters. The Kier molecular flexibility index (Phi) is 10.3. The lowest BCUT2D eigenvalue weighted by Gasteiger charge is -2.42. The van der Waals surface area contributed by atoms with E-state index in [0.29, 0.717) is 16.6 Å². The Bertz CT molecular complexity index is 673. The highest BCUT2D eigenvalue weighted by Crippen LogP contribution is 2.43. The Morgan fingerprint density at radius 2 is 1.52 bits per heavy atom. The molecule has 3 heteroatoms. The van der Waals surface area contributed by atoms with Crippen LogP contribution in [0.25, 0.3) is 0 Å². The van der Waals surface area contributed by atoms with E-state index in [1.54, 1.807) is 7.11 Å². The first-order valence-electron chi connectivity index (χ1n) is 11.2. The van der Waals surface area contributed by atoms with Crippen LogP contribution >= 0.6 is 0 Å². The Morgan fingerprint density at radius 1 is 0.931 bits per heavy atom. The van der Waals surface area contributed by atoms with Crippen LogP contribution in [0.15, 0.2) is 41.5 Å². The summed E-state index contributed by atoms with van der Waals surface area (Å²) in [7, 11) is -0.255. The summed E-state index contributed by atoms with van der Waals surface area (Å²) in [6.07, 6.45) is 7.76. The molecule has 0 amide bonds. The monoisotopic (exact) mass is 416 g/mol. The van der Waals surface area contributed by atoms with E-state index in [1.165, 1.54) is 16.7 Å². The molecule has 2 nitrogen and oxygen atoms in total. The number of allylic oxidation sites excluding steroid dienone is 4. The molecule has 0 saturated heterocycles. The van der Waals surface area contributed by atoms with Gasteiger partial charge in [0.1, 0.15) is 11.5 Å². The van der Waals surface area contributed by atoms with Crippen LogP contribution in [-0.2, 0) is 6.42 Å². The van der Waals surface area contributed by atoms with Crippen molar-refractivity contribution in [2.24, 2.45) is 0 Å². The normalized spacial score (nSPS) is 12.7. The van der Waals surface area contributed by atoms with Crippen molar-refractivity contribution in [1.29, 1.82) is 0 Å². The van der Waals surface area contributed by atoms with Crippen LogP contribution in [0.2, 0.25) is 16.6 Å². The molecule has 0 aromatic heterocycles. The maximum atomic E-state index is 7.01. The van der Waals surface area contributed by atoms with Gasteiger partial charge in [0.15, 0.2) is 0 Å². The fourth-order valence-corrected chi connectivity index (χ4v) is 9.75. The Hall–Kier alpha value is -1.48. The van der Waals surface area contributed by atoms with E-state index in [2.05, 4.69) is 86.6 Å². The minimum Gasteiger partial charge on any atom is -0.542 e. The minimum absolute atomic E-state index is 0.554. The largest absolute Gasteiger partial charge is 0.542 e. The maximum Gasteiger partial charge on any atom is 0.258 e. The zero-order valence-corrected chi connectivity index (χ0v) is 21.6. The average molecular weight is 417 g/mol. The molecule has 1 rings (SSSR count). The first kappa shape index (κ1) is 25.6. The molecule has 0 aliphatic rings. The number of hydrogen-bond acceptors (Lipinski definition) is 2. The van der Waals surface area contributed by atoms with Crippen LogP contribution in [0.4, 0.5) is 0 Å². The van der Waals surface area contributed by atoms with Gasteiger partial charge in [-0.05, 0) is 74.9 Å². The lowest BCUT2D eigenvalue weighted by atomic mass is 10.1. The smallest absolute Gasteiger partial charge is 0.258 e. The van der Waals surface area contributed by atoms with Crippen LogP contribution in [0.5, 0.6) is 11.5 Å². The lowest BCUT2D eigenvalue weighted by Crippen LogP contribution is -2.50. The second-order valence-corrected chi connectivity index (χ2v) is 14.8. The number of hydrogen-bond donors (Lipinski definition) is 0. The second kappa shape index (κ2) is 11.6. The van der Waals surface area contributed by atoms with Gasteiger partial charge in [0.2, 0.25) is 0 Å². The minimum atomic E-state index is -1.99. The Labute approximate surface area is 181 Å². The molecule has 1 aromatic carbocycles. The van der Waals surface area contributed by atoms with Gasteiger partial charge in [0.25, 0.3) is 8.32 Å². The summed E-state index contributed by atoms with van der Waals surface area (Å²) in [5, 5.41) is 0. The van der Waals surface area contributed by atoms with Gasteiger partial charge in [-0.15, -0.1) is 0 Å². The maximum absolute atomic E-state index is 7.01. The van der Waals surface area contributed by atoms with Gasteiger partial charge >= 0.3 is 0 Å². The average Bonchev–Trinajstić information content (AvgIpc) is 2.63. The lowest BCUT2D eigenvalue weighted by molar-refractivity contribution is 0.412. The SMILES string of the molecule is COc1ccc(O[Si](C(C)C)(C(C)C)C(C)C)c(C/C=C(\C)CCC=C(C)C)c1. The summed E-state index contributed by atoms with van der Waals surface area (Å²) in [6, 6.07) is 6.30. The van der Waals surface area contributed by atoms with E-state index in [9.17, 15) is 0 Å². The quantitative estimate of drug-likeness (QED) is 0.266. The van der Waals surface area contributed by atoms with Crippen molar-refractivity contribution >= 4 is 8.32 Å². The van der Waals surface area contributed by atoms with Crippen molar-refractivity contribution in [2.45, 2.75) is 98.2 Å². The third kappa shape index (κ3) is 7.06. The van der Waals surface area contributed by atoms with Gasteiger partial charge in [-0.25, -0.2) is 0 Å². The molecule has 164 valence electrons. The highest BCUT2D eigenvalue weighted by Gasteiger charge is 2.47. The van der Waals surface area contributed by atoms with E-state index in [4.69, 9.17) is 9.16 Å². The molecular weight excluding hydrogens is 372 g/mol. The van der Waals surface area contributed by atoms with Gasteiger partial charge in [-0.3, -0.25) is 0 Å². The number of benzene rings is 1. The van der Waals surface area contributed by atoms with Crippen LogP contribution in [-0.4, -0.2) is 15.4 Å². The predicted octanol–water partition coefficient (Wildman–Crippen LogP) is 8.48. The zero-order chi connectivity index (χ0) is 22.2. The van der Waals surface area contributed by atoms with Gasteiger partial charge in [-0.1, -0.05) is 64.8 Å². The number of ether oxygens (including phenoxy) is 1. The molecule has 0 heterocycles. The van der Waals surface area contributed by atoms with E-state index in [-0.39, 0.29) is 0 Å². The van der Waals surface area contributed by atoms with Gasteiger partial charge < -0.3 is 9.16 Å². The Morgan fingerprint density at radius 3 is 2.00 bits per heavy atom. The molecule has 0 radical (unpaired) electrons. The molecule has 0 N–H and O–H groups in total. The summed E-state index contributed by atoms with van der Waals surface area (Å²) >= 11 is 0. The van der Waals surface area contributed by atoms with Crippen molar-refractivity contribution in [2.75, 3.05) is 7.11 Å². The van der Waals surface area contributed by atoms with E-state index in [0.717, 1.165) is 30.8 Å². The standard InChI is InChI=1S/C26H44O2Si/c1-19(2)12-11-13-23(9)14-15-24-18-25(27-10)16-17-26(24)28-29(20(3)4,21(5)6)22(7)8/h12,14,16-18,20-22H,11,13,15H2,1-10H3/b23-14+. The van der Waals surface area contributed by atoms with Crippen molar-refractivity contribution in [3.05, 3.63) is 47.1 Å². The molecule has 29 heavy (non-hydrogen) atoms. The molecule has 0 bridgehead atoms. The van der Waals surface area contributed by atoms with Crippen molar-refractivity contribution in [3.63, 3.8) is 0 Å². The summed E-state index contributed by atoms with van der Waals surface area (Å²) < 4.78 is 12.5. The number of rotatable bonds is 11. The van der Waals surface area contributed by atoms with E-state index in [1.807, 2.05) is 6.07 Å². The highest BCUT2D eigenvalue weighted by molar-refractivity contribution is 6.78. The molecule has 0 fully saturated rings. The topological polar surface area (TPSA) is 18.5 Å². The first-order valence-corrected chi connectivity index (χ1v) is 13.3. The third-order valence-electron chi connectivity index (χ3n) is 6.02. The molecule has 0 aliphatic heterocycles. The molecular formula is C26H44O2Si. The second-order valence-electron chi connectivity index (χ2n) is 9.47. The summed E-state index contributed by atoms with van der Waals surface area (Å²) in [5.74, 6) is 1.94. The van der Waals surface area contributed by atoms with Crippen molar-refractivity contribution < 1.29 is 9.16 Å². The molecule has 0 atom stereocenters. The Balaban J connectivity index is 3.20. The van der Waals surface area contributed by atoms with E-state index < -0.39 is 8.32 Å². The molecule has 0 saturated carbocycles. The third-order valence-corrected chi connectivity index (χ3v) is 12.0. The molecule has 0 aliphatic carbocycles. The summed E-state index contributed by atoms with van der Waals surface area (Å²) in [6.45, 7) is 20.6. The first-order chi connectivity index (χ1) is 13.5. The zero-order valence-electron chi connectivity index (χ0n) is 20.6. The predicted molar refractivity (Wildman–Crippen MR) is 131 cm³/mol. The van der Waals surface area contributed by atoms with Gasteiger partial charge in [0, 0.05) is 5.56 Å².